The van der Waals surface area contributed by atoms with Gasteiger partial charge in [-0.3, -0.25) is 4.79 Å². The van der Waals surface area contributed by atoms with Gasteiger partial charge in [-0.2, -0.15) is 0 Å². The SMILES string of the molecule is CCNC(CCSc1cc(C)cc(C)n1)C(N)=O. The monoisotopic (exact) mass is 267 g/mol. The van der Waals surface area contributed by atoms with Crippen LogP contribution in [0.2, 0.25) is 0 Å². The third kappa shape index (κ3) is 5.06. The van der Waals surface area contributed by atoms with Crippen LogP contribution in [0, 0.1) is 13.8 Å². The van der Waals surface area contributed by atoms with Gasteiger partial charge < -0.3 is 11.1 Å². The molecule has 1 aromatic heterocycles. The molecule has 3 N–H and O–H groups in total. The summed E-state index contributed by atoms with van der Waals surface area (Å²) in [5, 5.41) is 4.09. The van der Waals surface area contributed by atoms with E-state index in [0.717, 1.165) is 29.4 Å². The Kier molecular flexibility index (Phi) is 6.15. The van der Waals surface area contributed by atoms with Crippen molar-refractivity contribution in [3.63, 3.8) is 0 Å². The maximum Gasteiger partial charge on any atom is 0.234 e. The van der Waals surface area contributed by atoms with Crippen LogP contribution < -0.4 is 11.1 Å². The Morgan fingerprint density at radius 1 is 1.50 bits per heavy atom. The lowest BCUT2D eigenvalue weighted by atomic mass is 10.2. The van der Waals surface area contributed by atoms with Crippen LogP contribution in [0.25, 0.3) is 0 Å². The topological polar surface area (TPSA) is 68.0 Å². The first-order valence-electron chi connectivity index (χ1n) is 6.13. The van der Waals surface area contributed by atoms with Gasteiger partial charge in [0.15, 0.2) is 0 Å². The highest BCUT2D eigenvalue weighted by Gasteiger charge is 2.13. The molecule has 18 heavy (non-hydrogen) atoms. The number of hydrogen-bond acceptors (Lipinski definition) is 4. The van der Waals surface area contributed by atoms with Crippen LogP contribution >= 0.6 is 11.8 Å². The molecule has 1 rings (SSSR count). The third-order valence-corrected chi connectivity index (χ3v) is 3.47. The van der Waals surface area contributed by atoms with Gasteiger partial charge in [0.25, 0.3) is 0 Å². The fraction of sp³-hybridized carbons (Fsp3) is 0.538. The molecule has 0 saturated heterocycles. The number of aromatic nitrogens is 1. The van der Waals surface area contributed by atoms with Crippen molar-refractivity contribution in [2.75, 3.05) is 12.3 Å². The summed E-state index contributed by atoms with van der Waals surface area (Å²) in [7, 11) is 0. The number of nitrogens with one attached hydrogen (secondary N) is 1. The van der Waals surface area contributed by atoms with E-state index in [1.165, 1.54) is 5.56 Å². The summed E-state index contributed by atoms with van der Waals surface area (Å²) in [5.74, 6) is 0.544. The highest BCUT2D eigenvalue weighted by atomic mass is 32.2. The van der Waals surface area contributed by atoms with Crippen molar-refractivity contribution in [1.29, 1.82) is 0 Å². The molecule has 4 nitrogen and oxygen atoms in total. The van der Waals surface area contributed by atoms with Crippen molar-refractivity contribution in [3.8, 4) is 0 Å². The van der Waals surface area contributed by atoms with Gasteiger partial charge in [-0.1, -0.05) is 6.92 Å². The number of amides is 1. The first-order valence-corrected chi connectivity index (χ1v) is 7.12. The highest BCUT2D eigenvalue weighted by Crippen LogP contribution is 2.19. The standard InChI is InChI=1S/C13H21N3OS/c1-4-15-11(13(14)17)5-6-18-12-8-9(2)7-10(3)16-12/h7-8,11,15H,4-6H2,1-3H3,(H2,14,17). The lowest BCUT2D eigenvalue weighted by Gasteiger charge is -2.13. The Labute approximate surface area is 113 Å². The van der Waals surface area contributed by atoms with E-state index in [2.05, 4.69) is 29.4 Å². The Morgan fingerprint density at radius 3 is 2.78 bits per heavy atom. The zero-order valence-electron chi connectivity index (χ0n) is 11.2. The van der Waals surface area contributed by atoms with E-state index in [4.69, 9.17) is 5.73 Å². The molecule has 0 fully saturated rings. The molecule has 1 atom stereocenters. The fourth-order valence-corrected chi connectivity index (χ4v) is 2.79. The lowest BCUT2D eigenvalue weighted by molar-refractivity contribution is -0.120. The van der Waals surface area contributed by atoms with Crippen molar-refractivity contribution in [2.45, 2.75) is 38.3 Å². The van der Waals surface area contributed by atoms with E-state index in [1.54, 1.807) is 11.8 Å². The van der Waals surface area contributed by atoms with Crippen LogP contribution in [-0.2, 0) is 4.79 Å². The minimum Gasteiger partial charge on any atom is -0.368 e. The molecular formula is C13H21N3OS. The number of carbonyl (C=O) groups excluding carboxylic acids is 1. The molecule has 1 heterocycles. The van der Waals surface area contributed by atoms with Gasteiger partial charge in [-0.15, -0.1) is 11.8 Å². The quantitative estimate of drug-likeness (QED) is 0.737. The molecule has 0 spiro atoms. The van der Waals surface area contributed by atoms with Gasteiger partial charge in [0.05, 0.1) is 11.1 Å². The summed E-state index contributed by atoms with van der Waals surface area (Å²) in [6.45, 7) is 6.76. The summed E-state index contributed by atoms with van der Waals surface area (Å²) in [6, 6.07) is 3.87. The first-order chi connectivity index (χ1) is 8.52. The fourth-order valence-electron chi connectivity index (χ4n) is 1.75. The van der Waals surface area contributed by atoms with Crippen LogP contribution in [0.5, 0.6) is 0 Å². The average molecular weight is 267 g/mol. The number of carbonyl (C=O) groups is 1. The molecule has 5 heteroatoms. The van der Waals surface area contributed by atoms with Crippen molar-refractivity contribution < 1.29 is 4.79 Å². The summed E-state index contributed by atoms with van der Waals surface area (Å²) >= 11 is 1.66. The van der Waals surface area contributed by atoms with Crippen LogP contribution in [0.4, 0.5) is 0 Å². The number of rotatable bonds is 7. The predicted molar refractivity (Wildman–Crippen MR) is 75.7 cm³/mol. The smallest absolute Gasteiger partial charge is 0.234 e. The van der Waals surface area contributed by atoms with Crippen LogP contribution in [-0.4, -0.2) is 29.2 Å². The van der Waals surface area contributed by atoms with Gasteiger partial charge >= 0.3 is 0 Å². The summed E-state index contributed by atoms with van der Waals surface area (Å²) < 4.78 is 0. The normalized spacial score (nSPS) is 12.4. The third-order valence-electron chi connectivity index (χ3n) is 2.52. The van der Waals surface area contributed by atoms with Gasteiger partial charge in [0.2, 0.25) is 5.91 Å². The van der Waals surface area contributed by atoms with Crippen LogP contribution in [0.3, 0.4) is 0 Å². The first kappa shape index (κ1) is 15.0. The number of nitrogens with zero attached hydrogens (tertiary/aromatic N) is 1. The maximum absolute atomic E-state index is 11.2. The average Bonchev–Trinajstić information content (AvgIpc) is 2.26. The Morgan fingerprint density at radius 2 is 2.22 bits per heavy atom. The molecule has 1 amide bonds. The number of hydrogen-bond donors (Lipinski definition) is 2. The molecule has 100 valence electrons. The van der Waals surface area contributed by atoms with E-state index in [0.29, 0.717) is 0 Å². The second kappa shape index (κ2) is 7.38. The number of thioether (sulfide) groups is 1. The Bertz CT molecular complexity index is 389. The van der Waals surface area contributed by atoms with Crippen molar-refractivity contribution in [1.82, 2.24) is 10.3 Å². The number of likely N-dealkylation sites (N-methyl/N-ethyl adjacent to an activating group) is 1. The highest BCUT2D eigenvalue weighted by molar-refractivity contribution is 7.99. The molecule has 0 aliphatic rings. The molecule has 1 unspecified atom stereocenters. The Hall–Kier alpha value is -1.07. The zero-order valence-corrected chi connectivity index (χ0v) is 12.0. The van der Waals surface area contributed by atoms with E-state index in [-0.39, 0.29) is 11.9 Å². The van der Waals surface area contributed by atoms with Crippen molar-refractivity contribution in [3.05, 3.63) is 23.4 Å². The van der Waals surface area contributed by atoms with Crippen molar-refractivity contribution in [2.24, 2.45) is 5.73 Å². The second-order valence-corrected chi connectivity index (χ2v) is 5.39. The summed E-state index contributed by atoms with van der Waals surface area (Å²) in [4.78, 5) is 15.6. The van der Waals surface area contributed by atoms with Crippen LogP contribution in [0.1, 0.15) is 24.6 Å². The molecular weight excluding hydrogens is 246 g/mol. The van der Waals surface area contributed by atoms with Crippen molar-refractivity contribution >= 4 is 17.7 Å². The summed E-state index contributed by atoms with van der Waals surface area (Å²) in [5.41, 5.74) is 7.56. The Balaban J connectivity index is 2.47. The van der Waals surface area contributed by atoms with Gasteiger partial charge in [0, 0.05) is 11.4 Å². The maximum atomic E-state index is 11.2. The van der Waals surface area contributed by atoms with E-state index in [1.807, 2.05) is 13.8 Å². The second-order valence-electron chi connectivity index (χ2n) is 4.27. The molecule has 1 aromatic rings. The molecule has 0 radical (unpaired) electrons. The van der Waals surface area contributed by atoms with Crippen LogP contribution in [0.15, 0.2) is 17.2 Å². The van der Waals surface area contributed by atoms with Gasteiger partial charge in [-0.25, -0.2) is 4.98 Å². The molecule has 0 aromatic carbocycles. The van der Waals surface area contributed by atoms with E-state index in [9.17, 15) is 4.79 Å². The molecule has 0 bridgehead atoms. The minimum absolute atomic E-state index is 0.242. The number of primary amides is 1. The van der Waals surface area contributed by atoms with Gasteiger partial charge in [-0.05, 0) is 44.5 Å². The van der Waals surface area contributed by atoms with E-state index < -0.39 is 0 Å². The number of nitrogens with two attached hydrogens (primary N) is 1. The van der Waals surface area contributed by atoms with Gasteiger partial charge in [0.1, 0.15) is 0 Å². The summed E-state index contributed by atoms with van der Waals surface area (Å²) in [6.07, 6.45) is 0.725. The number of aryl methyl sites for hydroxylation is 2. The zero-order chi connectivity index (χ0) is 13.5. The molecule has 0 aliphatic carbocycles. The van der Waals surface area contributed by atoms with E-state index >= 15 is 0 Å². The predicted octanol–water partition coefficient (Wildman–Crippen LogP) is 1.64. The molecule has 0 saturated carbocycles. The number of pyridine rings is 1. The molecule has 0 aliphatic heterocycles. The lowest BCUT2D eigenvalue weighted by Crippen LogP contribution is -2.41. The largest absolute Gasteiger partial charge is 0.368 e. The minimum atomic E-state index is -0.286.